The van der Waals surface area contributed by atoms with Gasteiger partial charge < -0.3 is 0 Å². The van der Waals surface area contributed by atoms with Gasteiger partial charge in [-0.05, 0) is 41.3 Å². The number of aromatic nitrogens is 5. The predicted octanol–water partition coefficient (Wildman–Crippen LogP) is 4.58. The van der Waals surface area contributed by atoms with Gasteiger partial charge in [0.2, 0.25) is 0 Å². The molecule has 0 saturated heterocycles. The van der Waals surface area contributed by atoms with Crippen LogP contribution in [0.4, 0.5) is 10.2 Å². The van der Waals surface area contributed by atoms with Crippen molar-refractivity contribution in [3.8, 4) is 11.5 Å². The molecular weight excluding hydrogens is 359 g/mol. The zero-order valence-corrected chi connectivity index (χ0v) is 15.0. The average Bonchev–Trinajstić information content (AvgIpc) is 3.08. The molecule has 3 aromatic heterocycles. The second kappa shape index (κ2) is 7.42. The van der Waals surface area contributed by atoms with Crippen LogP contribution in [0.15, 0.2) is 53.8 Å². The average molecular weight is 374 g/mol. The minimum absolute atomic E-state index is 0.219. The Morgan fingerprint density at radius 2 is 2.04 bits per heavy atom. The second-order valence-corrected chi connectivity index (χ2v) is 6.06. The Bertz CT molecular complexity index is 1210. The van der Waals surface area contributed by atoms with E-state index in [0.717, 1.165) is 11.1 Å². The van der Waals surface area contributed by atoms with E-state index in [4.69, 9.17) is 5.53 Å². The quantitative estimate of drug-likeness (QED) is 0.289. The molecule has 28 heavy (non-hydrogen) atoms. The van der Waals surface area contributed by atoms with Crippen LogP contribution in [0.3, 0.4) is 0 Å². The largest absolute Gasteiger partial charge is 0.242 e. The van der Waals surface area contributed by atoms with Gasteiger partial charge in [0.1, 0.15) is 17.3 Å². The molecule has 0 N–H and O–H groups in total. The molecule has 4 aromatic rings. The first-order valence-electron chi connectivity index (χ1n) is 8.68. The fraction of sp³-hybridized carbons (Fsp3) is 0.158. The van der Waals surface area contributed by atoms with E-state index >= 15 is 0 Å². The molecule has 138 valence electrons. The molecule has 3 heterocycles. The van der Waals surface area contributed by atoms with E-state index in [2.05, 4.69) is 30.1 Å². The summed E-state index contributed by atoms with van der Waals surface area (Å²) in [5.41, 5.74) is 11.1. The number of azide groups is 1. The van der Waals surface area contributed by atoms with Crippen LogP contribution in [0.5, 0.6) is 0 Å². The van der Waals surface area contributed by atoms with E-state index in [-0.39, 0.29) is 18.2 Å². The Labute approximate surface area is 159 Å². The molecule has 0 aliphatic carbocycles. The third-order valence-electron chi connectivity index (χ3n) is 4.27. The molecule has 0 spiro atoms. The third-order valence-corrected chi connectivity index (χ3v) is 4.27. The minimum atomic E-state index is -0.307. The van der Waals surface area contributed by atoms with Crippen molar-refractivity contribution in [1.29, 1.82) is 0 Å². The highest BCUT2D eigenvalue weighted by atomic mass is 19.1. The first kappa shape index (κ1) is 17.6. The van der Waals surface area contributed by atoms with Gasteiger partial charge in [0.15, 0.2) is 11.5 Å². The van der Waals surface area contributed by atoms with Crippen molar-refractivity contribution in [3.63, 3.8) is 0 Å². The van der Waals surface area contributed by atoms with Gasteiger partial charge in [-0.2, -0.15) is 5.10 Å². The van der Waals surface area contributed by atoms with E-state index in [9.17, 15) is 4.39 Å². The molecule has 0 aliphatic heterocycles. The maximum Gasteiger partial charge on any atom is 0.181 e. The van der Waals surface area contributed by atoms with Gasteiger partial charge in [-0.3, -0.25) is 0 Å². The Morgan fingerprint density at radius 3 is 2.82 bits per heavy atom. The molecule has 0 bridgehead atoms. The molecule has 0 atom stereocenters. The zero-order chi connectivity index (χ0) is 19.5. The Balaban J connectivity index is 1.88. The van der Waals surface area contributed by atoms with Gasteiger partial charge in [-0.15, -0.1) is 0 Å². The number of pyridine rings is 1. The van der Waals surface area contributed by atoms with Crippen molar-refractivity contribution in [1.82, 2.24) is 24.7 Å². The van der Waals surface area contributed by atoms with Gasteiger partial charge in [0, 0.05) is 22.4 Å². The van der Waals surface area contributed by atoms with Gasteiger partial charge >= 0.3 is 0 Å². The molecule has 9 heteroatoms. The summed E-state index contributed by atoms with van der Waals surface area (Å²) in [6.07, 6.45) is 2.30. The number of hydrogen-bond acceptors (Lipinski definition) is 5. The standard InChI is InChI=1S/C19H15FN8/c1-2-13-10-16(25-27-21)24-18(23-13)17-14-7-5-9-22-19(14)28(26-17)11-12-6-3-4-8-15(12)20/h3-10H,2,11H2,1H3. The Hall–Kier alpha value is -3.84. The lowest BCUT2D eigenvalue weighted by atomic mass is 10.2. The molecule has 0 radical (unpaired) electrons. The van der Waals surface area contributed by atoms with Gasteiger partial charge in [0.05, 0.1) is 11.9 Å². The lowest BCUT2D eigenvalue weighted by Crippen LogP contribution is -2.05. The summed E-state index contributed by atoms with van der Waals surface area (Å²) < 4.78 is 15.7. The summed E-state index contributed by atoms with van der Waals surface area (Å²) in [6.45, 7) is 2.17. The number of aryl methyl sites for hydroxylation is 1. The highest BCUT2D eigenvalue weighted by molar-refractivity contribution is 5.89. The van der Waals surface area contributed by atoms with E-state index in [1.165, 1.54) is 6.07 Å². The first-order valence-corrected chi connectivity index (χ1v) is 8.68. The fourth-order valence-electron chi connectivity index (χ4n) is 2.94. The summed E-state index contributed by atoms with van der Waals surface area (Å²) in [4.78, 5) is 16.0. The van der Waals surface area contributed by atoms with Gasteiger partial charge in [0.25, 0.3) is 0 Å². The second-order valence-electron chi connectivity index (χ2n) is 6.06. The number of hydrogen-bond donors (Lipinski definition) is 0. The van der Waals surface area contributed by atoms with Crippen LogP contribution in [-0.2, 0) is 13.0 Å². The van der Waals surface area contributed by atoms with E-state index in [1.807, 2.05) is 13.0 Å². The predicted molar refractivity (Wildman–Crippen MR) is 102 cm³/mol. The lowest BCUT2D eigenvalue weighted by molar-refractivity contribution is 0.589. The maximum absolute atomic E-state index is 14.1. The molecule has 0 fully saturated rings. The van der Waals surface area contributed by atoms with Crippen molar-refractivity contribution in [2.45, 2.75) is 19.9 Å². The number of fused-ring (bicyclic) bond motifs is 1. The van der Waals surface area contributed by atoms with Gasteiger partial charge in [-0.25, -0.2) is 24.0 Å². The molecule has 1 aromatic carbocycles. The highest BCUT2D eigenvalue weighted by Gasteiger charge is 2.17. The number of rotatable bonds is 5. The van der Waals surface area contributed by atoms with Crippen LogP contribution < -0.4 is 0 Å². The van der Waals surface area contributed by atoms with Crippen LogP contribution in [0.25, 0.3) is 33.0 Å². The lowest BCUT2D eigenvalue weighted by Gasteiger charge is -2.04. The smallest absolute Gasteiger partial charge is 0.181 e. The molecule has 0 amide bonds. The molecule has 0 aliphatic rings. The zero-order valence-electron chi connectivity index (χ0n) is 15.0. The van der Waals surface area contributed by atoms with Crippen molar-refractivity contribution in [2.24, 2.45) is 5.11 Å². The minimum Gasteiger partial charge on any atom is -0.242 e. The van der Waals surface area contributed by atoms with Crippen LogP contribution in [0.2, 0.25) is 0 Å². The topological polar surface area (TPSA) is 105 Å². The third kappa shape index (κ3) is 3.26. The van der Waals surface area contributed by atoms with E-state index in [0.29, 0.717) is 29.1 Å². The summed E-state index contributed by atoms with van der Waals surface area (Å²) in [6, 6.07) is 11.8. The maximum atomic E-state index is 14.1. The highest BCUT2D eigenvalue weighted by Crippen LogP contribution is 2.27. The van der Waals surface area contributed by atoms with Crippen molar-refractivity contribution in [2.75, 3.05) is 0 Å². The Morgan fingerprint density at radius 1 is 1.18 bits per heavy atom. The Kier molecular flexibility index (Phi) is 4.65. The monoisotopic (exact) mass is 374 g/mol. The van der Waals surface area contributed by atoms with Crippen molar-refractivity contribution < 1.29 is 4.39 Å². The molecule has 8 nitrogen and oxygen atoms in total. The van der Waals surface area contributed by atoms with Gasteiger partial charge in [-0.1, -0.05) is 25.1 Å². The van der Waals surface area contributed by atoms with Crippen LogP contribution >= 0.6 is 0 Å². The number of nitrogens with zero attached hydrogens (tertiary/aromatic N) is 8. The van der Waals surface area contributed by atoms with E-state index in [1.54, 1.807) is 41.2 Å². The van der Waals surface area contributed by atoms with Crippen LogP contribution in [0, 0.1) is 5.82 Å². The summed E-state index contributed by atoms with van der Waals surface area (Å²) in [7, 11) is 0. The van der Waals surface area contributed by atoms with Crippen molar-refractivity contribution >= 4 is 16.9 Å². The fourth-order valence-corrected chi connectivity index (χ4v) is 2.94. The number of halogens is 1. The summed E-state index contributed by atoms with van der Waals surface area (Å²) in [5, 5.41) is 8.93. The molecule has 4 rings (SSSR count). The molecule has 0 saturated carbocycles. The van der Waals surface area contributed by atoms with Crippen LogP contribution in [0.1, 0.15) is 18.2 Å². The van der Waals surface area contributed by atoms with Crippen LogP contribution in [-0.4, -0.2) is 24.7 Å². The number of benzene rings is 1. The molecular formula is C19H15FN8. The van der Waals surface area contributed by atoms with E-state index < -0.39 is 0 Å². The summed E-state index contributed by atoms with van der Waals surface area (Å²) >= 11 is 0. The first-order chi connectivity index (χ1) is 13.7. The van der Waals surface area contributed by atoms with Crippen molar-refractivity contribution in [3.05, 3.63) is 76.2 Å². The molecule has 0 unspecified atom stereocenters. The summed E-state index contributed by atoms with van der Waals surface area (Å²) in [5.74, 6) is 0.260. The SMILES string of the molecule is CCc1cc(N=[N+]=[N-])nc(-c2nn(Cc3ccccc3F)c3ncccc23)n1. The normalized spacial score (nSPS) is 10.8.